The van der Waals surface area contributed by atoms with Crippen molar-refractivity contribution in [3.63, 3.8) is 0 Å². The molecule has 5 rings (SSSR count). The number of benzene rings is 2. The van der Waals surface area contributed by atoms with E-state index in [2.05, 4.69) is 25.5 Å². The Hall–Kier alpha value is -3.33. The highest BCUT2D eigenvalue weighted by Gasteiger charge is 2.17. The largest absolute Gasteiger partial charge is 0.454 e. The van der Waals surface area contributed by atoms with Crippen molar-refractivity contribution in [1.82, 2.24) is 25.5 Å². The Bertz CT molecular complexity index is 1230. The number of hydrogen-bond acceptors (Lipinski definition) is 7. The minimum Gasteiger partial charge on any atom is -0.454 e. The number of thioether (sulfide) groups is 1. The van der Waals surface area contributed by atoms with Gasteiger partial charge >= 0.3 is 0 Å². The molecule has 0 saturated carbocycles. The van der Waals surface area contributed by atoms with Crippen molar-refractivity contribution in [2.24, 2.45) is 0 Å². The summed E-state index contributed by atoms with van der Waals surface area (Å²) in [6.45, 7) is 2.15. The number of rotatable bonds is 5. The zero-order valence-corrected chi connectivity index (χ0v) is 16.3. The summed E-state index contributed by atoms with van der Waals surface area (Å²) in [7, 11) is 0. The van der Waals surface area contributed by atoms with Crippen molar-refractivity contribution in [1.29, 1.82) is 0 Å². The molecule has 29 heavy (non-hydrogen) atoms. The molecule has 2 N–H and O–H groups in total. The Morgan fingerprint density at radius 1 is 1.21 bits per heavy atom. The van der Waals surface area contributed by atoms with Gasteiger partial charge in [0.25, 0.3) is 0 Å². The predicted octanol–water partition coefficient (Wildman–Crippen LogP) is 3.20. The molecule has 2 aromatic carbocycles. The van der Waals surface area contributed by atoms with E-state index in [0.29, 0.717) is 16.6 Å². The molecule has 0 spiro atoms. The highest BCUT2D eigenvalue weighted by molar-refractivity contribution is 7.99. The van der Waals surface area contributed by atoms with Crippen molar-refractivity contribution >= 4 is 39.7 Å². The minimum absolute atomic E-state index is 0.111. The van der Waals surface area contributed by atoms with Crippen LogP contribution >= 0.6 is 11.8 Å². The summed E-state index contributed by atoms with van der Waals surface area (Å²) in [5, 5.41) is 12.8. The van der Waals surface area contributed by atoms with Crippen molar-refractivity contribution < 1.29 is 14.3 Å². The predicted molar refractivity (Wildman–Crippen MR) is 109 cm³/mol. The van der Waals surface area contributed by atoms with Crippen LogP contribution in [-0.4, -0.2) is 38.6 Å². The van der Waals surface area contributed by atoms with Crippen LogP contribution in [-0.2, 0) is 4.79 Å². The lowest BCUT2D eigenvalue weighted by molar-refractivity contribution is -0.119. The number of hydrogen-bond donors (Lipinski definition) is 2. The van der Waals surface area contributed by atoms with Gasteiger partial charge < -0.3 is 19.8 Å². The van der Waals surface area contributed by atoms with Crippen LogP contribution in [0.3, 0.4) is 0 Å². The van der Waals surface area contributed by atoms with E-state index in [1.165, 1.54) is 11.8 Å². The number of aromatic nitrogens is 4. The van der Waals surface area contributed by atoms with Gasteiger partial charge in [-0.3, -0.25) is 4.79 Å². The van der Waals surface area contributed by atoms with E-state index in [1.54, 1.807) is 0 Å². The van der Waals surface area contributed by atoms with Crippen molar-refractivity contribution in [3.05, 3.63) is 48.0 Å². The average molecular weight is 407 g/mol. The zero-order valence-electron chi connectivity index (χ0n) is 15.5. The molecule has 1 aliphatic rings. The molecule has 1 atom stereocenters. The number of fused-ring (bicyclic) bond motifs is 4. The number of carbonyl (C=O) groups is 1. The van der Waals surface area contributed by atoms with Gasteiger partial charge in [-0.2, -0.15) is 0 Å². The smallest absolute Gasteiger partial charge is 0.231 e. The summed E-state index contributed by atoms with van der Waals surface area (Å²) in [4.78, 5) is 20.1. The molecule has 9 heteroatoms. The molecular weight excluding hydrogens is 390 g/mol. The first-order chi connectivity index (χ1) is 14.2. The zero-order chi connectivity index (χ0) is 19.8. The van der Waals surface area contributed by atoms with E-state index in [-0.39, 0.29) is 24.5 Å². The lowest BCUT2D eigenvalue weighted by atomic mass is 10.1. The van der Waals surface area contributed by atoms with Gasteiger partial charge in [0.15, 0.2) is 17.1 Å². The SMILES string of the molecule is C[C@H](NC(=O)CSc1nnc2c(n1)[nH]c1ccccc12)c1ccc2c(c1)OCO2. The van der Waals surface area contributed by atoms with Gasteiger partial charge in [0.05, 0.1) is 11.8 Å². The van der Waals surface area contributed by atoms with E-state index in [9.17, 15) is 4.79 Å². The first-order valence-corrected chi connectivity index (χ1v) is 10.1. The standard InChI is InChI=1S/C20H17N5O3S/c1-11(12-6-7-15-16(8-12)28-10-27-15)21-17(26)9-29-20-23-19-18(24-25-20)13-4-2-3-5-14(13)22-19/h2-8,11H,9-10H2,1H3,(H,21,26)(H,22,23,25)/t11-/m0/s1. The number of aromatic amines is 1. The van der Waals surface area contributed by atoms with Crippen molar-refractivity contribution in [2.75, 3.05) is 12.5 Å². The second kappa shape index (κ2) is 7.25. The molecular formula is C20H17N5O3S. The molecule has 4 aromatic rings. The van der Waals surface area contributed by atoms with Crippen LogP contribution in [0.25, 0.3) is 22.1 Å². The molecule has 2 aromatic heterocycles. The van der Waals surface area contributed by atoms with Gasteiger partial charge in [-0.05, 0) is 30.7 Å². The number of amides is 1. The van der Waals surface area contributed by atoms with Crippen LogP contribution in [0.4, 0.5) is 0 Å². The normalized spacial score (nSPS) is 13.7. The Morgan fingerprint density at radius 3 is 3.00 bits per heavy atom. The minimum atomic E-state index is -0.159. The Morgan fingerprint density at radius 2 is 2.07 bits per heavy atom. The Labute approximate surface area is 170 Å². The number of nitrogens with one attached hydrogen (secondary N) is 2. The quantitative estimate of drug-likeness (QED) is 0.490. The second-order valence-corrected chi connectivity index (χ2v) is 7.60. The van der Waals surface area contributed by atoms with E-state index >= 15 is 0 Å². The summed E-state index contributed by atoms with van der Waals surface area (Å²) in [6, 6.07) is 13.3. The van der Waals surface area contributed by atoms with Crippen LogP contribution in [0.1, 0.15) is 18.5 Å². The van der Waals surface area contributed by atoms with Crippen LogP contribution < -0.4 is 14.8 Å². The van der Waals surface area contributed by atoms with E-state index in [0.717, 1.165) is 27.7 Å². The van der Waals surface area contributed by atoms with Crippen LogP contribution in [0, 0.1) is 0 Å². The first-order valence-electron chi connectivity index (χ1n) is 9.10. The van der Waals surface area contributed by atoms with Gasteiger partial charge in [0.1, 0.15) is 5.52 Å². The molecule has 3 heterocycles. The van der Waals surface area contributed by atoms with Crippen LogP contribution in [0.15, 0.2) is 47.6 Å². The Balaban J connectivity index is 1.23. The number of H-pyrrole nitrogens is 1. The molecule has 1 aliphatic heterocycles. The monoisotopic (exact) mass is 407 g/mol. The van der Waals surface area contributed by atoms with E-state index < -0.39 is 0 Å². The molecule has 8 nitrogen and oxygen atoms in total. The van der Waals surface area contributed by atoms with E-state index in [1.807, 2.05) is 49.4 Å². The first kappa shape index (κ1) is 17.7. The van der Waals surface area contributed by atoms with Crippen LogP contribution in [0.5, 0.6) is 11.5 Å². The second-order valence-electron chi connectivity index (χ2n) is 6.65. The fourth-order valence-corrected chi connectivity index (χ4v) is 3.84. The highest BCUT2D eigenvalue weighted by Crippen LogP contribution is 2.34. The lowest BCUT2D eigenvalue weighted by Crippen LogP contribution is -2.28. The highest BCUT2D eigenvalue weighted by atomic mass is 32.2. The number of para-hydroxylation sites is 1. The van der Waals surface area contributed by atoms with Gasteiger partial charge in [-0.15, -0.1) is 10.2 Å². The third-order valence-corrected chi connectivity index (χ3v) is 5.55. The van der Waals surface area contributed by atoms with Crippen molar-refractivity contribution in [3.8, 4) is 11.5 Å². The van der Waals surface area contributed by atoms with E-state index in [4.69, 9.17) is 9.47 Å². The third kappa shape index (κ3) is 3.44. The van der Waals surface area contributed by atoms with Crippen molar-refractivity contribution in [2.45, 2.75) is 18.1 Å². The van der Waals surface area contributed by atoms with Gasteiger partial charge in [0, 0.05) is 10.9 Å². The molecule has 0 unspecified atom stereocenters. The third-order valence-electron chi connectivity index (χ3n) is 4.71. The summed E-state index contributed by atoms with van der Waals surface area (Å²) in [6.07, 6.45) is 0. The summed E-state index contributed by atoms with van der Waals surface area (Å²) < 4.78 is 10.7. The summed E-state index contributed by atoms with van der Waals surface area (Å²) in [5.74, 6) is 1.51. The fourth-order valence-electron chi connectivity index (χ4n) is 3.25. The van der Waals surface area contributed by atoms with Gasteiger partial charge in [-0.1, -0.05) is 36.0 Å². The molecule has 0 fully saturated rings. The summed E-state index contributed by atoms with van der Waals surface area (Å²) in [5.41, 5.74) is 3.30. The number of carbonyl (C=O) groups excluding carboxylic acids is 1. The van der Waals surface area contributed by atoms with Gasteiger partial charge in [0.2, 0.25) is 17.9 Å². The number of ether oxygens (including phenoxy) is 2. The topological polar surface area (TPSA) is 102 Å². The maximum atomic E-state index is 12.4. The molecule has 146 valence electrons. The molecule has 0 radical (unpaired) electrons. The maximum absolute atomic E-state index is 12.4. The fraction of sp³-hybridized carbons (Fsp3) is 0.200. The Kier molecular flexibility index (Phi) is 4.44. The van der Waals surface area contributed by atoms with Gasteiger partial charge in [-0.25, -0.2) is 4.98 Å². The molecule has 0 saturated heterocycles. The summed E-state index contributed by atoms with van der Waals surface area (Å²) >= 11 is 1.25. The maximum Gasteiger partial charge on any atom is 0.231 e. The molecule has 0 aliphatic carbocycles. The average Bonchev–Trinajstić information content (AvgIpc) is 3.35. The van der Waals surface area contributed by atoms with Crippen LogP contribution in [0.2, 0.25) is 0 Å². The molecule has 1 amide bonds. The number of nitrogens with zero attached hydrogens (tertiary/aromatic N) is 3. The molecule has 0 bridgehead atoms. The lowest BCUT2D eigenvalue weighted by Gasteiger charge is -2.14.